The van der Waals surface area contributed by atoms with E-state index in [-0.39, 0.29) is 18.1 Å². The largest absolute Gasteiger partial charge is 0.490 e. The molecule has 0 saturated heterocycles. The second-order valence-electron chi connectivity index (χ2n) is 6.36. The summed E-state index contributed by atoms with van der Waals surface area (Å²) in [6.45, 7) is 3.99. The molecule has 8 heteroatoms. The van der Waals surface area contributed by atoms with Crippen molar-refractivity contribution in [2.75, 3.05) is 11.9 Å². The monoisotopic (exact) mass is 372 g/mol. The number of rotatable bonds is 7. The fourth-order valence-electron chi connectivity index (χ4n) is 2.28. The normalized spacial score (nSPS) is 12.7. The van der Waals surface area contributed by atoms with Gasteiger partial charge in [-0.25, -0.2) is 0 Å². The summed E-state index contributed by atoms with van der Waals surface area (Å²) in [4.78, 5) is 33.9. The van der Waals surface area contributed by atoms with E-state index >= 15 is 0 Å². The molecule has 2 aromatic carbocycles. The number of amides is 1. The third kappa shape index (κ3) is 5.11. The number of hydrogen-bond donors (Lipinski definition) is 2. The van der Waals surface area contributed by atoms with Crippen molar-refractivity contribution in [2.45, 2.75) is 26.4 Å². The van der Waals surface area contributed by atoms with Crippen molar-refractivity contribution in [1.29, 1.82) is 0 Å². The molecule has 2 aromatic rings. The molecule has 2 rings (SSSR count). The lowest BCUT2D eigenvalue weighted by atomic mass is 10.1. The van der Waals surface area contributed by atoms with Gasteiger partial charge in [0.25, 0.3) is 11.6 Å². The lowest BCUT2D eigenvalue weighted by molar-refractivity contribution is -0.385. The van der Waals surface area contributed by atoms with Gasteiger partial charge >= 0.3 is 0 Å². The summed E-state index contributed by atoms with van der Waals surface area (Å²) in [6, 6.07) is 10.5. The van der Waals surface area contributed by atoms with Gasteiger partial charge in [-0.05, 0) is 57.2 Å². The molecule has 2 N–H and O–H groups in total. The van der Waals surface area contributed by atoms with Gasteiger partial charge in [-0.2, -0.15) is 0 Å². The zero-order valence-corrected chi connectivity index (χ0v) is 15.2. The first kappa shape index (κ1) is 20.1. The van der Waals surface area contributed by atoms with E-state index < -0.39 is 16.4 Å². The standard InChI is InChI=1S/C19H20N2O6/c1-12-10-15(6-9-17(12)21(25)26)20-18(23)19(3,24)11-27-16-7-4-14(5-8-16)13(2)22/h4-10,24H,11H2,1-3H3,(H,20,23)/t19-/m0/s1. The first-order valence-corrected chi connectivity index (χ1v) is 8.13. The number of ether oxygens (including phenoxy) is 1. The number of hydrogen-bond acceptors (Lipinski definition) is 6. The molecule has 0 heterocycles. The van der Waals surface area contributed by atoms with Crippen LogP contribution in [-0.4, -0.2) is 33.9 Å². The number of Topliss-reactive ketones (excluding diaryl/α,β-unsaturated/α-hetero) is 1. The molecule has 0 aromatic heterocycles. The molecule has 0 unspecified atom stereocenters. The van der Waals surface area contributed by atoms with Crippen LogP contribution in [0.15, 0.2) is 42.5 Å². The van der Waals surface area contributed by atoms with Crippen molar-refractivity contribution in [2.24, 2.45) is 0 Å². The molecule has 8 nitrogen and oxygen atoms in total. The predicted octanol–water partition coefficient (Wildman–Crippen LogP) is 2.87. The van der Waals surface area contributed by atoms with E-state index in [1.165, 1.54) is 32.0 Å². The van der Waals surface area contributed by atoms with Crippen LogP contribution in [0.5, 0.6) is 5.75 Å². The molecule has 0 bridgehead atoms. The van der Waals surface area contributed by atoms with Crippen LogP contribution in [0.25, 0.3) is 0 Å². The minimum Gasteiger partial charge on any atom is -0.490 e. The summed E-state index contributed by atoms with van der Waals surface area (Å²) < 4.78 is 5.43. The summed E-state index contributed by atoms with van der Waals surface area (Å²) in [5, 5.41) is 23.7. The van der Waals surface area contributed by atoms with Crippen LogP contribution in [0, 0.1) is 17.0 Å². The number of aliphatic hydroxyl groups is 1. The third-order valence-electron chi connectivity index (χ3n) is 3.92. The average molecular weight is 372 g/mol. The SMILES string of the molecule is CC(=O)c1ccc(OC[C@](C)(O)C(=O)Nc2ccc([N+](=O)[O-])c(C)c2)cc1. The van der Waals surface area contributed by atoms with E-state index in [2.05, 4.69) is 5.32 Å². The number of ketones is 1. The highest BCUT2D eigenvalue weighted by molar-refractivity contribution is 5.97. The molecule has 27 heavy (non-hydrogen) atoms. The minimum atomic E-state index is -1.84. The van der Waals surface area contributed by atoms with Gasteiger partial charge in [-0.1, -0.05) is 0 Å². The Morgan fingerprint density at radius 2 is 1.85 bits per heavy atom. The number of nitro groups is 1. The number of benzene rings is 2. The van der Waals surface area contributed by atoms with Crippen LogP contribution in [0.4, 0.5) is 11.4 Å². The molecule has 1 atom stereocenters. The molecule has 1 amide bonds. The van der Waals surface area contributed by atoms with Crippen molar-refractivity contribution >= 4 is 23.1 Å². The van der Waals surface area contributed by atoms with E-state index in [1.807, 2.05) is 0 Å². The molecule has 0 aliphatic rings. The van der Waals surface area contributed by atoms with Gasteiger partial charge in [-0.3, -0.25) is 19.7 Å². The first-order chi connectivity index (χ1) is 12.6. The Bertz CT molecular complexity index is 874. The quantitative estimate of drug-likeness (QED) is 0.438. The van der Waals surface area contributed by atoms with Crippen molar-refractivity contribution in [3.8, 4) is 5.75 Å². The van der Waals surface area contributed by atoms with Crippen LogP contribution < -0.4 is 10.1 Å². The first-order valence-electron chi connectivity index (χ1n) is 8.13. The Kier molecular flexibility index (Phi) is 5.91. The van der Waals surface area contributed by atoms with E-state index in [1.54, 1.807) is 31.2 Å². The molecular formula is C19H20N2O6. The maximum atomic E-state index is 12.3. The van der Waals surface area contributed by atoms with Gasteiger partial charge in [0.15, 0.2) is 11.4 Å². The number of nitrogens with one attached hydrogen (secondary N) is 1. The van der Waals surface area contributed by atoms with Crippen LogP contribution in [0.2, 0.25) is 0 Å². The van der Waals surface area contributed by atoms with Gasteiger partial charge in [-0.15, -0.1) is 0 Å². The second kappa shape index (κ2) is 7.96. The highest BCUT2D eigenvalue weighted by atomic mass is 16.6. The van der Waals surface area contributed by atoms with Crippen molar-refractivity contribution in [1.82, 2.24) is 0 Å². The number of carbonyl (C=O) groups is 2. The Morgan fingerprint density at radius 3 is 2.37 bits per heavy atom. The second-order valence-corrected chi connectivity index (χ2v) is 6.36. The number of aryl methyl sites for hydroxylation is 1. The average Bonchev–Trinajstić information content (AvgIpc) is 2.60. The molecular weight excluding hydrogens is 352 g/mol. The zero-order valence-electron chi connectivity index (χ0n) is 15.2. The molecule has 0 aliphatic carbocycles. The van der Waals surface area contributed by atoms with E-state index in [0.717, 1.165) is 0 Å². The molecule has 0 fully saturated rings. The number of carbonyl (C=O) groups excluding carboxylic acids is 2. The molecule has 0 saturated carbocycles. The summed E-state index contributed by atoms with van der Waals surface area (Å²) in [6.07, 6.45) is 0. The Balaban J connectivity index is 2.01. The highest BCUT2D eigenvalue weighted by Crippen LogP contribution is 2.22. The number of nitrogens with zero attached hydrogens (tertiary/aromatic N) is 1. The Hall–Kier alpha value is -3.26. The number of anilines is 1. The predicted molar refractivity (Wildman–Crippen MR) is 99.0 cm³/mol. The van der Waals surface area contributed by atoms with Crippen molar-refractivity contribution in [3.05, 3.63) is 63.7 Å². The maximum absolute atomic E-state index is 12.3. The van der Waals surface area contributed by atoms with Gasteiger partial charge < -0.3 is 15.2 Å². The summed E-state index contributed by atoms with van der Waals surface area (Å²) in [5.41, 5.74) is -0.652. The van der Waals surface area contributed by atoms with E-state index in [0.29, 0.717) is 22.6 Å². The minimum absolute atomic E-state index is 0.0582. The molecule has 0 radical (unpaired) electrons. The summed E-state index contributed by atoms with van der Waals surface area (Å²) >= 11 is 0. The third-order valence-corrected chi connectivity index (χ3v) is 3.92. The Morgan fingerprint density at radius 1 is 1.22 bits per heavy atom. The highest BCUT2D eigenvalue weighted by Gasteiger charge is 2.31. The van der Waals surface area contributed by atoms with E-state index in [4.69, 9.17) is 4.74 Å². The maximum Gasteiger partial charge on any atom is 0.272 e. The van der Waals surface area contributed by atoms with Gasteiger partial charge in [0, 0.05) is 22.9 Å². The van der Waals surface area contributed by atoms with E-state index in [9.17, 15) is 24.8 Å². The topological polar surface area (TPSA) is 119 Å². The molecule has 0 spiro atoms. The Labute approximate surface area is 155 Å². The van der Waals surface area contributed by atoms with Crippen LogP contribution in [0.3, 0.4) is 0 Å². The summed E-state index contributed by atoms with van der Waals surface area (Å²) in [5.74, 6) is -0.387. The zero-order chi connectivity index (χ0) is 20.2. The van der Waals surface area contributed by atoms with Crippen LogP contribution in [0.1, 0.15) is 29.8 Å². The number of nitro benzene ring substituents is 1. The van der Waals surface area contributed by atoms with Gasteiger partial charge in [0.05, 0.1) is 4.92 Å². The molecule has 142 valence electrons. The lowest BCUT2D eigenvalue weighted by Gasteiger charge is -2.22. The van der Waals surface area contributed by atoms with Gasteiger partial charge in [0.2, 0.25) is 0 Å². The van der Waals surface area contributed by atoms with Crippen molar-refractivity contribution < 1.29 is 24.4 Å². The molecule has 0 aliphatic heterocycles. The summed E-state index contributed by atoms with van der Waals surface area (Å²) in [7, 11) is 0. The lowest BCUT2D eigenvalue weighted by Crippen LogP contribution is -2.45. The van der Waals surface area contributed by atoms with Gasteiger partial charge in [0.1, 0.15) is 12.4 Å². The smallest absolute Gasteiger partial charge is 0.272 e. The van der Waals surface area contributed by atoms with Crippen LogP contribution >= 0.6 is 0 Å². The van der Waals surface area contributed by atoms with Crippen LogP contribution in [-0.2, 0) is 4.79 Å². The fraction of sp³-hybridized carbons (Fsp3) is 0.263. The fourth-order valence-corrected chi connectivity index (χ4v) is 2.28. The van der Waals surface area contributed by atoms with Crippen molar-refractivity contribution in [3.63, 3.8) is 0 Å².